The maximum atomic E-state index is 13.7. The summed E-state index contributed by atoms with van der Waals surface area (Å²) >= 11 is 0. The number of hydrogen-bond acceptors (Lipinski definition) is 6. The van der Waals surface area contributed by atoms with Crippen LogP contribution < -0.4 is 5.43 Å². The fourth-order valence-electron chi connectivity index (χ4n) is 3.44. The highest BCUT2D eigenvalue weighted by Crippen LogP contribution is 2.28. The maximum absolute atomic E-state index is 13.7. The molecule has 0 radical (unpaired) electrons. The molecule has 1 unspecified atom stereocenters. The van der Waals surface area contributed by atoms with Gasteiger partial charge in [0.25, 0.3) is 0 Å². The number of hydrazine groups is 1. The molecule has 3 heterocycles. The molecule has 0 aliphatic carbocycles. The Bertz CT molecular complexity index is 848. The Morgan fingerprint density at radius 2 is 2.06 bits per heavy atom. The van der Waals surface area contributed by atoms with Crippen LogP contribution in [-0.4, -0.2) is 51.8 Å². The first-order chi connectivity index (χ1) is 15.2. The summed E-state index contributed by atoms with van der Waals surface area (Å²) in [6.07, 6.45) is 13.0. The van der Waals surface area contributed by atoms with Gasteiger partial charge in [0.1, 0.15) is 24.6 Å². The van der Waals surface area contributed by atoms with Gasteiger partial charge in [0.15, 0.2) is 12.0 Å². The number of amidine groups is 1. The largest absolute Gasteiger partial charge is 0.324 e. The lowest BCUT2D eigenvalue weighted by atomic mass is 10.0. The number of nitrogens with one attached hydrogen (secondary N) is 1. The minimum absolute atomic E-state index is 0.0575. The number of rotatable bonds is 10. The lowest BCUT2D eigenvalue weighted by Crippen LogP contribution is -2.42. The van der Waals surface area contributed by atoms with Gasteiger partial charge in [-0.3, -0.25) is 10.4 Å². The summed E-state index contributed by atoms with van der Waals surface area (Å²) in [6.45, 7) is 10.6. The van der Waals surface area contributed by atoms with Crippen molar-refractivity contribution in [2.24, 2.45) is 15.0 Å². The first kappa shape index (κ1) is 24.5. The van der Waals surface area contributed by atoms with Gasteiger partial charge in [-0.05, 0) is 18.4 Å². The third kappa shape index (κ3) is 6.12. The van der Waals surface area contributed by atoms with Crippen LogP contribution in [-0.2, 0) is 6.54 Å². The minimum atomic E-state index is -0.647. The van der Waals surface area contributed by atoms with E-state index in [1.54, 1.807) is 12.5 Å². The molecule has 7 nitrogen and oxygen atoms in total. The highest BCUT2D eigenvalue weighted by molar-refractivity contribution is 5.98. The van der Waals surface area contributed by atoms with Gasteiger partial charge < -0.3 is 4.57 Å². The van der Waals surface area contributed by atoms with E-state index < -0.39 is 6.67 Å². The van der Waals surface area contributed by atoms with Crippen molar-refractivity contribution in [3.8, 4) is 0 Å². The standard InChI is InChI=1S/C21H30FN7.C2H6/c1-4-7-8-10-23-17(13-22)21-24-11-12-28(21)14-18-16(9-5-2)20-26-19(6-3)27-29(20)15-25-18;1-2/h7-8,11-12,15,20H,4-6,9-10,13-14H2,1-3H3,(H,26,27);1-2H3/b8-7-,23-17?;. The molecular formula is C23H36FN7. The summed E-state index contributed by atoms with van der Waals surface area (Å²) in [5, 5.41) is 1.96. The zero-order valence-electron chi connectivity index (χ0n) is 19.5. The van der Waals surface area contributed by atoms with E-state index in [4.69, 9.17) is 4.99 Å². The Kier molecular flexibility index (Phi) is 10.1. The molecule has 1 aromatic heterocycles. The predicted octanol–water partition coefficient (Wildman–Crippen LogP) is 4.69. The lowest BCUT2D eigenvalue weighted by Gasteiger charge is -2.28. The number of allylic oxidation sites excluding steroid dienone is 2. The monoisotopic (exact) mass is 429 g/mol. The van der Waals surface area contributed by atoms with Gasteiger partial charge in [-0.2, -0.15) is 0 Å². The molecule has 0 saturated carbocycles. The molecule has 31 heavy (non-hydrogen) atoms. The first-order valence-electron chi connectivity index (χ1n) is 11.3. The third-order valence-corrected chi connectivity index (χ3v) is 4.88. The smallest absolute Gasteiger partial charge is 0.166 e. The van der Waals surface area contributed by atoms with Crippen molar-refractivity contribution in [2.75, 3.05) is 13.2 Å². The Labute approximate surface area is 185 Å². The van der Waals surface area contributed by atoms with Gasteiger partial charge in [0.2, 0.25) is 0 Å². The van der Waals surface area contributed by atoms with Gasteiger partial charge in [-0.15, -0.1) is 0 Å². The molecule has 2 aliphatic rings. The highest BCUT2D eigenvalue weighted by Gasteiger charge is 2.31. The molecule has 0 fully saturated rings. The topological polar surface area (TPSA) is 70.2 Å². The van der Waals surface area contributed by atoms with E-state index in [2.05, 4.69) is 41.2 Å². The van der Waals surface area contributed by atoms with Gasteiger partial charge in [0.05, 0.1) is 18.8 Å². The zero-order chi connectivity index (χ0) is 22.6. The van der Waals surface area contributed by atoms with Gasteiger partial charge in [0, 0.05) is 18.8 Å². The fraction of sp³-hybridized carbons (Fsp3) is 0.565. The van der Waals surface area contributed by atoms with E-state index in [1.807, 2.05) is 41.8 Å². The second kappa shape index (κ2) is 12.8. The number of aromatic nitrogens is 2. The van der Waals surface area contributed by atoms with Gasteiger partial charge in [-0.25, -0.2) is 24.4 Å². The van der Waals surface area contributed by atoms with Crippen LogP contribution in [0.4, 0.5) is 4.39 Å². The van der Waals surface area contributed by atoms with E-state index in [0.717, 1.165) is 37.2 Å². The van der Waals surface area contributed by atoms with E-state index in [9.17, 15) is 4.39 Å². The molecule has 1 aromatic rings. The van der Waals surface area contributed by atoms with Crippen LogP contribution in [0.1, 0.15) is 66.1 Å². The number of hydrogen-bond donors (Lipinski definition) is 1. The van der Waals surface area contributed by atoms with Crippen molar-refractivity contribution < 1.29 is 4.39 Å². The number of imidazole rings is 1. The lowest BCUT2D eigenvalue weighted by molar-refractivity contribution is 0.341. The molecule has 8 heteroatoms. The molecule has 0 bridgehead atoms. The van der Waals surface area contributed by atoms with Crippen molar-refractivity contribution in [1.82, 2.24) is 20.0 Å². The average molecular weight is 430 g/mol. The van der Waals surface area contributed by atoms with Crippen molar-refractivity contribution in [1.29, 1.82) is 0 Å². The Hall–Kier alpha value is -2.77. The molecule has 2 aliphatic heterocycles. The van der Waals surface area contributed by atoms with E-state index in [-0.39, 0.29) is 6.17 Å². The maximum Gasteiger partial charge on any atom is 0.166 e. The second-order valence-corrected chi connectivity index (χ2v) is 6.97. The minimum Gasteiger partial charge on any atom is -0.324 e. The first-order valence-corrected chi connectivity index (χ1v) is 11.3. The van der Waals surface area contributed by atoms with Crippen LogP contribution in [0.2, 0.25) is 0 Å². The normalized spacial score (nSPS) is 18.1. The van der Waals surface area contributed by atoms with E-state index >= 15 is 0 Å². The number of fused-ring (bicyclic) bond motifs is 1. The molecular weight excluding hydrogens is 393 g/mol. The average Bonchev–Trinajstić information content (AvgIpc) is 3.44. The highest BCUT2D eigenvalue weighted by atomic mass is 19.1. The molecule has 0 amide bonds. The third-order valence-electron chi connectivity index (χ3n) is 4.88. The molecule has 0 aromatic carbocycles. The summed E-state index contributed by atoms with van der Waals surface area (Å²) in [5.74, 6) is 1.52. The number of nitrogens with zero attached hydrogens (tertiary/aromatic N) is 6. The molecule has 3 rings (SSSR count). The SMILES string of the molecule is CC.CC/C=C\CN=C(CF)c1nccn1CC1=C(CCC)C2N=C(CC)NN2C=N1. The molecule has 0 spiro atoms. The Morgan fingerprint density at radius 3 is 2.74 bits per heavy atom. The van der Waals surface area contributed by atoms with Crippen molar-refractivity contribution >= 4 is 17.9 Å². The van der Waals surface area contributed by atoms with Crippen molar-refractivity contribution in [3.05, 3.63) is 41.6 Å². The Morgan fingerprint density at radius 1 is 1.26 bits per heavy atom. The van der Waals surface area contributed by atoms with Crippen LogP contribution in [0.3, 0.4) is 0 Å². The van der Waals surface area contributed by atoms with Crippen LogP contribution in [0.25, 0.3) is 0 Å². The van der Waals surface area contributed by atoms with E-state index in [0.29, 0.717) is 24.6 Å². The summed E-state index contributed by atoms with van der Waals surface area (Å²) in [5.41, 5.74) is 5.80. The molecule has 1 N–H and O–H groups in total. The summed E-state index contributed by atoms with van der Waals surface area (Å²) in [7, 11) is 0. The fourth-order valence-corrected chi connectivity index (χ4v) is 3.44. The van der Waals surface area contributed by atoms with Gasteiger partial charge in [-0.1, -0.05) is 53.2 Å². The quantitative estimate of drug-likeness (QED) is 0.433. The zero-order valence-corrected chi connectivity index (χ0v) is 19.5. The molecule has 0 saturated heterocycles. The number of alkyl halides is 1. The molecule has 170 valence electrons. The summed E-state index contributed by atoms with van der Waals surface area (Å²) < 4.78 is 15.6. The van der Waals surface area contributed by atoms with Crippen LogP contribution in [0.15, 0.2) is 50.8 Å². The summed E-state index contributed by atoms with van der Waals surface area (Å²) in [4.78, 5) is 18.2. The van der Waals surface area contributed by atoms with Crippen LogP contribution in [0, 0.1) is 0 Å². The van der Waals surface area contributed by atoms with Gasteiger partial charge >= 0.3 is 0 Å². The van der Waals surface area contributed by atoms with Crippen LogP contribution in [0.5, 0.6) is 0 Å². The van der Waals surface area contributed by atoms with Crippen LogP contribution >= 0.6 is 0 Å². The van der Waals surface area contributed by atoms with Crippen molar-refractivity contribution in [2.45, 2.75) is 73.0 Å². The van der Waals surface area contributed by atoms with E-state index in [1.165, 1.54) is 5.57 Å². The Balaban J connectivity index is 0.00000166. The predicted molar refractivity (Wildman–Crippen MR) is 127 cm³/mol. The second-order valence-electron chi connectivity index (χ2n) is 6.97. The van der Waals surface area contributed by atoms with Crippen molar-refractivity contribution in [3.63, 3.8) is 0 Å². The summed E-state index contributed by atoms with van der Waals surface area (Å²) in [6, 6.07) is 0. The number of aliphatic imine (C=N–C) groups is 3. The number of halogens is 1. The molecule has 1 atom stereocenters.